The number of hydrogen-bond donors (Lipinski definition) is 2. The molecule has 132 valence electrons. The van der Waals surface area contributed by atoms with Crippen molar-refractivity contribution in [1.29, 1.82) is 0 Å². The molecule has 2 N–H and O–H groups in total. The van der Waals surface area contributed by atoms with Gasteiger partial charge in [0.2, 0.25) is 0 Å². The number of carboxylic acids is 1. The number of halogens is 3. The standard InChI is InChI=1S/C14H21F3N2O4/c1-8(9-2-4-23-5-3-9)18-13(22)19-6-10(12(20)21)11(7-19)14(15,16)17/h8-11H,2-7H2,1H3,(H,18,22)(H,20,21)/t8?,10-,11-/m1/s1. The Labute approximate surface area is 132 Å². The quantitative estimate of drug-likeness (QED) is 0.821. The van der Waals surface area contributed by atoms with Gasteiger partial charge in [-0.05, 0) is 25.7 Å². The Hall–Kier alpha value is -1.51. The molecule has 2 heterocycles. The average Bonchev–Trinajstić information content (AvgIpc) is 2.93. The summed E-state index contributed by atoms with van der Waals surface area (Å²) in [5, 5.41) is 11.7. The van der Waals surface area contributed by atoms with E-state index in [2.05, 4.69) is 5.32 Å². The first-order chi connectivity index (χ1) is 10.7. The number of carboxylic acid groups (broad SMARTS) is 1. The zero-order chi connectivity index (χ0) is 17.2. The lowest BCUT2D eigenvalue weighted by Gasteiger charge is -2.30. The number of ether oxygens (including phenoxy) is 1. The van der Waals surface area contributed by atoms with Crippen molar-refractivity contribution in [3.8, 4) is 0 Å². The summed E-state index contributed by atoms with van der Waals surface area (Å²) in [4.78, 5) is 24.1. The number of carbonyl (C=O) groups is 2. The van der Waals surface area contributed by atoms with E-state index in [0.29, 0.717) is 13.2 Å². The molecule has 0 spiro atoms. The molecular formula is C14H21F3N2O4. The molecule has 23 heavy (non-hydrogen) atoms. The van der Waals surface area contributed by atoms with Gasteiger partial charge in [-0.15, -0.1) is 0 Å². The van der Waals surface area contributed by atoms with Crippen molar-refractivity contribution in [1.82, 2.24) is 10.2 Å². The van der Waals surface area contributed by atoms with Crippen molar-refractivity contribution in [3.63, 3.8) is 0 Å². The predicted octanol–water partition coefficient (Wildman–Crippen LogP) is 1.71. The summed E-state index contributed by atoms with van der Waals surface area (Å²) in [6.07, 6.45) is -3.07. The summed E-state index contributed by atoms with van der Waals surface area (Å²) in [5.74, 6) is -4.95. The number of nitrogens with zero attached hydrogens (tertiary/aromatic N) is 1. The van der Waals surface area contributed by atoms with E-state index in [0.717, 1.165) is 17.7 Å². The van der Waals surface area contributed by atoms with E-state index in [1.807, 2.05) is 0 Å². The summed E-state index contributed by atoms with van der Waals surface area (Å²) in [6, 6.07) is -0.832. The lowest BCUT2D eigenvalue weighted by atomic mass is 9.93. The average molecular weight is 338 g/mol. The second-order valence-electron chi connectivity index (χ2n) is 6.19. The molecule has 0 aromatic rings. The number of likely N-dealkylation sites (tertiary alicyclic amines) is 1. The molecule has 6 nitrogen and oxygen atoms in total. The zero-order valence-corrected chi connectivity index (χ0v) is 12.8. The van der Waals surface area contributed by atoms with Crippen LogP contribution in [0.2, 0.25) is 0 Å². The van der Waals surface area contributed by atoms with Crippen LogP contribution in [0.15, 0.2) is 0 Å². The molecule has 9 heteroatoms. The van der Waals surface area contributed by atoms with Gasteiger partial charge in [-0.2, -0.15) is 13.2 Å². The minimum absolute atomic E-state index is 0.195. The number of rotatable bonds is 3. The zero-order valence-electron chi connectivity index (χ0n) is 12.8. The van der Waals surface area contributed by atoms with Crippen LogP contribution in [-0.2, 0) is 9.53 Å². The van der Waals surface area contributed by atoms with Gasteiger partial charge in [0.1, 0.15) is 0 Å². The van der Waals surface area contributed by atoms with Crippen LogP contribution in [-0.4, -0.2) is 60.5 Å². The maximum atomic E-state index is 12.9. The summed E-state index contributed by atoms with van der Waals surface area (Å²) in [6.45, 7) is 1.97. The van der Waals surface area contributed by atoms with Crippen LogP contribution < -0.4 is 5.32 Å². The number of aliphatic carboxylic acids is 1. The molecule has 0 bridgehead atoms. The van der Waals surface area contributed by atoms with Crippen molar-refractivity contribution in [3.05, 3.63) is 0 Å². The van der Waals surface area contributed by atoms with Crippen LogP contribution in [0.3, 0.4) is 0 Å². The fourth-order valence-corrected chi connectivity index (χ4v) is 3.17. The van der Waals surface area contributed by atoms with Crippen molar-refractivity contribution in [2.24, 2.45) is 17.8 Å². The predicted molar refractivity (Wildman–Crippen MR) is 73.8 cm³/mol. The first-order valence-electron chi connectivity index (χ1n) is 7.63. The molecule has 0 aromatic heterocycles. The highest BCUT2D eigenvalue weighted by Crippen LogP contribution is 2.37. The van der Waals surface area contributed by atoms with Crippen LogP contribution in [0.5, 0.6) is 0 Å². The fraction of sp³-hybridized carbons (Fsp3) is 0.857. The molecule has 2 rings (SSSR count). The molecule has 0 radical (unpaired) electrons. The summed E-state index contributed by atoms with van der Waals surface area (Å²) in [5.41, 5.74) is 0. The lowest BCUT2D eigenvalue weighted by Crippen LogP contribution is -2.47. The maximum Gasteiger partial charge on any atom is 0.394 e. The number of hydrogen-bond acceptors (Lipinski definition) is 3. The van der Waals surface area contributed by atoms with Gasteiger partial charge >= 0.3 is 18.2 Å². The van der Waals surface area contributed by atoms with Gasteiger partial charge < -0.3 is 20.1 Å². The first kappa shape index (κ1) is 17.8. The third kappa shape index (κ3) is 4.27. The van der Waals surface area contributed by atoms with Gasteiger partial charge in [-0.1, -0.05) is 0 Å². The van der Waals surface area contributed by atoms with Crippen LogP contribution in [0, 0.1) is 17.8 Å². The largest absolute Gasteiger partial charge is 0.481 e. The Kier molecular flexibility index (Phi) is 5.38. The monoisotopic (exact) mass is 338 g/mol. The number of urea groups is 1. The van der Waals surface area contributed by atoms with Crippen molar-refractivity contribution < 1.29 is 32.6 Å². The molecule has 2 aliphatic heterocycles. The summed E-state index contributed by atoms with van der Waals surface area (Å²) >= 11 is 0. The van der Waals surface area contributed by atoms with Gasteiger partial charge in [-0.25, -0.2) is 4.79 Å². The highest BCUT2D eigenvalue weighted by molar-refractivity contribution is 5.78. The van der Waals surface area contributed by atoms with E-state index in [9.17, 15) is 22.8 Å². The van der Waals surface area contributed by atoms with Gasteiger partial charge in [0.15, 0.2) is 0 Å². The lowest BCUT2D eigenvalue weighted by molar-refractivity contribution is -0.187. The number of amides is 2. The summed E-state index contributed by atoms with van der Waals surface area (Å²) < 4.78 is 44.0. The molecule has 2 amide bonds. The van der Waals surface area contributed by atoms with Crippen LogP contribution in [0.25, 0.3) is 0 Å². The third-order valence-electron chi connectivity index (χ3n) is 4.67. The Morgan fingerprint density at radius 3 is 2.35 bits per heavy atom. The molecule has 1 unspecified atom stereocenters. The molecule has 2 fully saturated rings. The molecule has 0 saturated carbocycles. The highest BCUT2D eigenvalue weighted by Gasteiger charge is 2.53. The van der Waals surface area contributed by atoms with E-state index < -0.39 is 43.1 Å². The summed E-state index contributed by atoms with van der Waals surface area (Å²) in [7, 11) is 0. The number of carbonyl (C=O) groups excluding carboxylic acids is 1. The molecule has 3 atom stereocenters. The van der Waals surface area contributed by atoms with Crippen molar-refractivity contribution >= 4 is 12.0 Å². The Bertz CT molecular complexity index is 452. The van der Waals surface area contributed by atoms with Crippen LogP contribution >= 0.6 is 0 Å². The Morgan fingerprint density at radius 2 is 1.87 bits per heavy atom. The topological polar surface area (TPSA) is 78.9 Å². The Morgan fingerprint density at radius 1 is 1.26 bits per heavy atom. The minimum Gasteiger partial charge on any atom is -0.481 e. The molecule has 0 aliphatic carbocycles. The SMILES string of the molecule is CC(NC(=O)N1C[C@@H](C(F)(F)F)[C@H](C(=O)O)C1)C1CCOCC1. The molecule has 2 aliphatic rings. The van der Waals surface area contributed by atoms with Crippen molar-refractivity contribution in [2.75, 3.05) is 26.3 Å². The van der Waals surface area contributed by atoms with E-state index >= 15 is 0 Å². The van der Waals surface area contributed by atoms with Gasteiger partial charge in [0.25, 0.3) is 0 Å². The third-order valence-corrected chi connectivity index (χ3v) is 4.67. The van der Waals surface area contributed by atoms with Crippen molar-refractivity contribution in [2.45, 2.75) is 32.0 Å². The molecular weight excluding hydrogens is 317 g/mol. The van der Waals surface area contributed by atoms with E-state index in [1.54, 1.807) is 6.92 Å². The van der Waals surface area contributed by atoms with E-state index in [1.165, 1.54) is 0 Å². The first-order valence-corrected chi connectivity index (χ1v) is 7.63. The normalized spacial score (nSPS) is 27.7. The Balaban J connectivity index is 1.95. The second-order valence-corrected chi connectivity index (χ2v) is 6.19. The van der Waals surface area contributed by atoms with E-state index in [4.69, 9.17) is 9.84 Å². The maximum absolute atomic E-state index is 12.9. The van der Waals surface area contributed by atoms with Crippen LogP contribution in [0.1, 0.15) is 19.8 Å². The van der Waals surface area contributed by atoms with Crippen LogP contribution in [0.4, 0.5) is 18.0 Å². The number of nitrogens with one attached hydrogen (secondary N) is 1. The smallest absolute Gasteiger partial charge is 0.394 e. The van der Waals surface area contributed by atoms with Gasteiger partial charge in [0.05, 0.1) is 11.8 Å². The molecule has 2 saturated heterocycles. The molecule has 0 aromatic carbocycles. The fourth-order valence-electron chi connectivity index (χ4n) is 3.17. The highest BCUT2D eigenvalue weighted by atomic mass is 19.4. The van der Waals surface area contributed by atoms with E-state index in [-0.39, 0.29) is 12.0 Å². The number of alkyl halides is 3. The van der Waals surface area contributed by atoms with Gasteiger partial charge in [0, 0.05) is 32.3 Å². The second kappa shape index (κ2) is 6.94. The minimum atomic E-state index is -4.63. The van der Waals surface area contributed by atoms with Gasteiger partial charge in [-0.3, -0.25) is 4.79 Å².